The molecule has 0 atom stereocenters. The van der Waals surface area contributed by atoms with Crippen LogP contribution >= 0.6 is 0 Å². The van der Waals surface area contributed by atoms with Crippen LogP contribution in [-0.2, 0) is 0 Å². The lowest BCUT2D eigenvalue weighted by Gasteiger charge is -2.08. The summed E-state index contributed by atoms with van der Waals surface area (Å²) in [7, 11) is 1.55. The van der Waals surface area contributed by atoms with Gasteiger partial charge >= 0.3 is 0 Å². The van der Waals surface area contributed by atoms with Gasteiger partial charge in [0.05, 0.1) is 7.11 Å². The van der Waals surface area contributed by atoms with Crippen LogP contribution in [0.4, 0.5) is 5.82 Å². The fourth-order valence-electron chi connectivity index (χ4n) is 1.12. The average Bonchev–Trinajstić information content (AvgIpc) is 2.07. The number of methoxy groups -OCH3 is 1. The number of ether oxygens (including phenoxy) is 1. The summed E-state index contributed by atoms with van der Waals surface area (Å²) in [6.45, 7) is 3.55. The van der Waals surface area contributed by atoms with Crippen molar-refractivity contribution in [1.82, 2.24) is 4.98 Å². The highest BCUT2D eigenvalue weighted by Gasteiger charge is 2.07. The third-order valence-electron chi connectivity index (χ3n) is 1.79. The number of aromatic nitrogens is 1. The molecule has 1 rings (SSSR count). The number of nitrogens with two attached hydrogens (primary N) is 1. The van der Waals surface area contributed by atoms with Crippen LogP contribution in [0.3, 0.4) is 0 Å². The lowest BCUT2D eigenvalue weighted by Crippen LogP contribution is -2.05. The molecule has 4 heteroatoms. The van der Waals surface area contributed by atoms with Gasteiger partial charge < -0.3 is 15.9 Å². The molecule has 0 radical (unpaired) electrons. The van der Waals surface area contributed by atoms with Gasteiger partial charge in [0.15, 0.2) is 0 Å². The maximum atomic E-state index is 7.44. The van der Waals surface area contributed by atoms with Gasteiger partial charge in [-0.25, -0.2) is 0 Å². The number of hydrogen-bond donors (Lipinski definition) is 2. The Kier molecular flexibility index (Phi) is 2.51. The molecule has 4 nitrogen and oxygen atoms in total. The molecule has 0 saturated heterocycles. The van der Waals surface area contributed by atoms with Crippen LogP contribution in [0.25, 0.3) is 0 Å². The molecule has 0 unspecified atom stereocenters. The van der Waals surface area contributed by atoms with Crippen molar-refractivity contribution >= 4 is 11.5 Å². The van der Waals surface area contributed by atoms with Gasteiger partial charge in [0.2, 0.25) is 5.88 Å². The molecule has 1 aromatic rings. The standard InChI is InChI=1S/C9H13N3O/c1-5-4-7(6(2)10)8(11)12-9(5)13-3/h4,10H,1-3H3,(H2,11,12). The summed E-state index contributed by atoms with van der Waals surface area (Å²) in [5.74, 6) is 0.859. The maximum absolute atomic E-state index is 7.44. The van der Waals surface area contributed by atoms with Crippen molar-refractivity contribution in [2.24, 2.45) is 0 Å². The predicted molar refractivity (Wildman–Crippen MR) is 52.4 cm³/mol. The molecule has 0 bridgehead atoms. The Morgan fingerprint density at radius 1 is 1.62 bits per heavy atom. The van der Waals surface area contributed by atoms with E-state index in [1.165, 1.54) is 0 Å². The van der Waals surface area contributed by atoms with Crippen LogP contribution in [0.5, 0.6) is 5.88 Å². The molecule has 0 aromatic carbocycles. The normalized spacial score (nSPS) is 9.77. The Balaban J connectivity index is 3.28. The van der Waals surface area contributed by atoms with Crippen LogP contribution in [-0.4, -0.2) is 17.8 Å². The van der Waals surface area contributed by atoms with Crippen molar-refractivity contribution in [2.75, 3.05) is 12.8 Å². The molecule has 1 aromatic heterocycles. The van der Waals surface area contributed by atoms with E-state index in [4.69, 9.17) is 15.9 Å². The van der Waals surface area contributed by atoms with E-state index in [-0.39, 0.29) is 0 Å². The minimum atomic E-state index is 0.343. The second-order valence-corrected chi connectivity index (χ2v) is 2.87. The molecule has 70 valence electrons. The van der Waals surface area contributed by atoms with Gasteiger partial charge in [-0.2, -0.15) is 4.98 Å². The van der Waals surface area contributed by atoms with E-state index in [1.807, 2.05) is 13.0 Å². The van der Waals surface area contributed by atoms with Crippen molar-refractivity contribution in [3.63, 3.8) is 0 Å². The molecular weight excluding hydrogens is 166 g/mol. The Bertz CT molecular complexity index is 347. The highest BCUT2D eigenvalue weighted by atomic mass is 16.5. The van der Waals surface area contributed by atoms with Gasteiger partial charge in [0.1, 0.15) is 5.82 Å². The number of anilines is 1. The number of nitrogens with zero attached hydrogens (tertiary/aromatic N) is 1. The lowest BCUT2D eigenvalue weighted by molar-refractivity contribution is 0.395. The van der Waals surface area contributed by atoms with Crippen LogP contribution in [0.2, 0.25) is 0 Å². The van der Waals surface area contributed by atoms with E-state index >= 15 is 0 Å². The number of hydrogen-bond acceptors (Lipinski definition) is 4. The molecule has 3 N–H and O–H groups in total. The van der Waals surface area contributed by atoms with Crippen molar-refractivity contribution in [3.8, 4) is 5.88 Å². The minimum Gasteiger partial charge on any atom is -0.481 e. The van der Waals surface area contributed by atoms with Gasteiger partial charge in [0, 0.05) is 16.8 Å². The SMILES string of the molecule is COc1nc(N)c(C(C)=N)cc1C. The molecule has 0 amide bonds. The third-order valence-corrected chi connectivity index (χ3v) is 1.79. The Morgan fingerprint density at radius 2 is 2.23 bits per heavy atom. The number of aryl methyl sites for hydroxylation is 1. The predicted octanol–water partition coefficient (Wildman–Crippen LogP) is 1.37. The summed E-state index contributed by atoms with van der Waals surface area (Å²) in [4.78, 5) is 4.03. The van der Waals surface area contributed by atoms with Crippen LogP contribution in [0.15, 0.2) is 6.07 Å². The van der Waals surface area contributed by atoms with Crippen LogP contribution in [0, 0.1) is 12.3 Å². The molecule has 13 heavy (non-hydrogen) atoms. The molecule has 0 fully saturated rings. The number of nitrogen functional groups attached to an aromatic ring is 1. The Morgan fingerprint density at radius 3 is 2.69 bits per heavy atom. The lowest BCUT2D eigenvalue weighted by atomic mass is 10.1. The zero-order valence-corrected chi connectivity index (χ0v) is 8.01. The second kappa shape index (κ2) is 3.43. The van der Waals surface area contributed by atoms with Crippen molar-refractivity contribution in [3.05, 3.63) is 17.2 Å². The molecule has 0 saturated carbocycles. The summed E-state index contributed by atoms with van der Waals surface area (Å²) in [5.41, 5.74) is 7.60. The zero-order valence-electron chi connectivity index (χ0n) is 8.01. The van der Waals surface area contributed by atoms with Gasteiger partial charge in [-0.05, 0) is 19.9 Å². The summed E-state index contributed by atoms with van der Waals surface area (Å²) in [5, 5.41) is 7.44. The monoisotopic (exact) mass is 179 g/mol. The second-order valence-electron chi connectivity index (χ2n) is 2.87. The summed E-state index contributed by atoms with van der Waals surface area (Å²) in [6.07, 6.45) is 0. The van der Waals surface area contributed by atoms with Crippen LogP contribution < -0.4 is 10.5 Å². The van der Waals surface area contributed by atoms with E-state index in [0.29, 0.717) is 23.0 Å². The first kappa shape index (κ1) is 9.51. The molecule has 0 aliphatic rings. The first-order valence-corrected chi connectivity index (χ1v) is 3.93. The fraction of sp³-hybridized carbons (Fsp3) is 0.333. The highest BCUT2D eigenvalue weighted by Crippen LogP contribution is 2.20. The van der Waals surface area contributed by atoms with Crippen molar-refractivity contribution < 1.29 is 4.74 Å². The van der Waals surface area contributed by atoms with Gasteiger partial charge in [-0.3, -0.25) is 0 Å². The number of nitrogens with one attached hydrogen (secondary N) is 1. The Labute approximate surface area is 77.2 Å². The quantitative estimate of drug-likeness (QED) is 0.673. The first-order chi connectivity index (χ1) is 6.06. The summed E-state index contributed by atoms with van der Waals surface area (Å²) in [6, 6.07) is 1.81. The summed E-state index contributed by atoms with van der Waals surface area (Å²) >= 11 is 0. The van der Waals surface area contributed by atoms with Crippen molar-refractivity contribution in [2.45, 2.75) is 13.8 Å². The van der Waals surface area contributed by atoms with Crippen LogP contribution in [0.1, 0.15) is 18.1 Å². The van der Waals surface area contributed by atoms with Gasteiger partial charge in [-0.15, -0.1) is 0 Å². The van der Waals surface area contributed by atoms with Gasteiger partial charge in [0.25, 0.3) is 0 Å². The summed E-state index contributed by atoms with van der Waals surface area (Å²) < 4.78 is 5.00. The minimum absolute atomic E-state index is 0.343. The number of pyridine rings is 1. The van der Waals surface area contributed by atoms with E-state index < -0.39 is 0 Å². The average molecular weight is 179 g/mol. The van der Waals surface area contributed by atoms with Crippen molar-refractivity contribution in [1.29, 1.82) is 5.41 Å². The molecule has 1 heterocycles. The first-order valence-electron chi connectivity index (χ1n) is 3.93. The van der Waals surface area contributed by atoms with E-state index in [9.17, 15) is 0 Å². The van der Waals surface area contributed by atoms with E-state index in [2.05, 4.69) is 4.98 Å². The Hall–Kier alpha value is -1.58. The van der Waals surface area contributed by atoms with E-state index in [0.717, 1.165) is 5.56 Å². The highest BCUT2D eigenvalue weighted by molar-refractivity contribution is 6.00. The maximum Gasteiger partial charge on any atom is 0.217 e. The molecule has 0 aliphatic heterocycles. The molecular formula is C9H13N3O. The number of rotatable bonds is 2. The topological polar surface area (TPSA) is 72.0 Å². The smallest absolute Gasteiger partial charge is 0.217 e. The molecule has 0 aliphatic carbocycles. The zero-order chi connectivity index (χ0) is 10.0. The van der Waals surface area contributed by atoms with Gasteiger partial charge in [-0.1, -0.05) is 0 Å². The third kappa shape index (κ3) is 1.77. The largest absolute Gasteiger partial charge is 0.481 e. The van der Waals surface area contributed by atoms with E-state index in [1.54, 1.807) is 14.0 Å². The fourth-order valence-corrected chi connectivity index (χ4v) is 1.12. The molecule has 0 spiro atoms.